The van der Waals surface area contributed by atoms with Gasteiger partial charge in [-0.05, 0) is 49.4 Å². The first-order valence-electron chi connectivity index (χ1n) is 7.77. The van der Waals surface area contributed by atoms with Gasteiger partial charge in [-0.3, -0.25) is 10.1 Å². The maximum absolute atomic E-state index is 12.1. The lowest BCUT2D eigenvalue weighted by atomic mass is 9.73. The molecule has 0 saturated heterocycles. The molecular formula is C15H22F3NO3. The number of imide groups is 1. The second-order valence-corrected chi connectivity index (χ2v) is 6.67. The van der Waals surface area contributed by atoms with E-state index in [1.807, 2.05) is 6.92 Å². The van der Waals surface area contributed by atoms with Crippen LogP contribution >= 0.6 is 0 Å². The van der Waals surface area contributed by atoms with Crippen LogP contribution in [0.2, 0.25) is 0 Å². The van der Waals surface area contributed by atoms with Crippen LogP contribution < -0.4 is 5.32 Å². The van der Waals surface area contributed by atoms with Crippen molar-refractivity contribution in [3.63, 3.8) is 0 Å². The van der Waals surface area contributed by atoms with Gasteiger partial charge in [0.05, 0.1) is 0 Å². The van der Waals surface area contributed by atoms with Gasteiger partial charge in [-0.15, -0.1) is 0 Å². The Balaban J connectivity index is 1.94. The Kier molecular flexibility index (Phi) is 5.02. The Bertz CT molecular complexity index is 434. The molecule has 2 fully saturated rings. The van der Waals surface area contributed by atoms with Crippen LogP contribution in [0.1, 0.15) is 46.0 Å². The summed E-state index contributed by atoms with van der Waals surface area (Å²) in [6.07, 6.45) is -1.89. The molecule has 4 unspecified atom stereocenters. The lowest BCUT2D eigenvalue weighted by Gasteiger charge is -2.37. The Morgan fingerprint density at radius 3 is 2.36 bits per heavy atom. The molecule has 0 radical (unpaired) electrons. The lowest BCUT2D eigenvalue weighted by molar-refractivity contribution is -0.173. The Morgan fingerprint density at radius 2 is 1.82 bits per heavy atom. The molecule has 7 heteroatoms. The van der Waals surface area contributed by atoms with Gasteiger partial charge < -0.3 is 4.74 Å². The zero-order valence-electron chi connectivity index (χ0n) is 12.8. The SMILES string of the molecule is CC1CCC(C(C)C2CC2)C(OC(=O)NC(=O)C(F)(F)F)C1. The highest BCUT2D eigenvalue weighted by Crippen LogP contribution is 2.46. The van der Waals surface area contributed by atoms with Crippen LogP contribution in [0.25, 0.3) is 0 Å². The predicted molar refractivity (Wildman–Crippen MR) is 72.9 cm³/mol. The van der Waals surface area contributed by atoms with Gasteiger partial charge in [-0.2, -0.15) is 13.2 Å². The van der Waals surface area contributed by atoms with E-state index in [0.717, 1.165) is 12.8 Å². The van der Waals surface area contributed by atoms with Crippen LogP contribution in [0.4, 0.5) is 18.0 Å². The Labute approximate surface area is 127 Å². The molecule has 0 aliphatic heterocycles. The average molecular weight is 321 g/mol. The highest BCUT2D eigenvalue weighted by Gasteiger charge is 2.43. The summed E-state index contributed by atoms with van der Waals surface area (Å²) < 4.78 is 41.6. The van der Waals surface area contributed by atoms with Crippen molar-refractivity contribution < 1.29 is 27.5 Å². The van der Waals surface area contributed by atoms with E-state index in [0.29, 0.717) is 24.2 Å². The predicted octanol–water partition coefficient (Wildman–Crippen LogP) is 3.65. The normalized spacial score (nSPS) is 30.5. The number of alkyl carbamates (subject to hydrolysis) is 1. The number of halogens is 3. The summed E-state index contributed by atoms with van der Waals surface area (Å²) in [6, 6.07) is 0. The highest BCUT2D eigenvalue weighted by atomic mass is 19.4. The van der Waals surface area contributed by atoms with Crippen molar-refractivity contribution in [2.45, 2.75) is 58.2 Å². The largest absolute Gasteiger partial charge is 0.471 e. The molecule has 0 aromatic rings. The zero-order valence-corrected chi connectivity index (χ0v) is 12.8. The molecule has 4 nitrogen and oxygen atoms in total. The quantitative estimate of drug-likeness (QED) is 0.863. The Hall–Kier alpha value is -1.27. The molecule has 0 aromatic heterocycles. The molecule has 1 N–H and O–H groups in total. The summed E-state index contributed by atoms with van der Waals surface area (Å²) in [5.74, 6) is -0.740. The minimum atomic E-state index is -5.08. The number of nitrogens with one attached hydrogen (secondary N) is 1. The summed E-state index contributed by atoms with van der Waals surface area (Å²) in [5.41, 5.74) is 0. The van der Waals surface area contributed by atoms with Gasteiger partial charge in [0, 0.05) is 0 Å². The standard InChI is InChI=1S/C15H22F3NO3/c1-8-3-6-11(9(2)10-4-5-10)12(7-8)22-14(21)19-13(20)15(16,17)18/h8-12H,3-7H2,1-2H3,(H,19,20,21). The van der Waals surface area contributed by atoms with Crippen molar-refractivity contribution in [3.8, 4) is 0 Å². The van der Waals surface area contributed by atoms with E-state index in [9.17, 15) is 22.8 Å². The Morgan fingerprint density at radius 1 is 1.18 bits per heavy atom. The summed E-state index contributed by atoms with van der Waals surface area (Å²) in [6.45, 7) is 4.15. The number of rotatable bonds is 3. The van der Waals surface area contributed by atoms with E-state index in [-0.39, 0.29) is 5.92 Å². The van der Waals surface area contributed by atoms with E-state index < -0.39 is 24.3 Å². The lowest BCUT2D eigenvalue weighted by Crippen LogP contribution is -2.44. The molecule has 2 aliphatic carbocycles. The first kappa shape index (κ1) is 17.1. The van der Waals surface area contributed by atoms with E-state index in [1.54, 1.807) is 0 Å². The van der Waals surface area contributed by atoms with Crippen molar-refractivity contribution in [1.29, 1.82) is 0 Å². The van der Waals surface area contributed by atoms with Gasteiger partial charge in [0.25, 0.3) is 0 Å². The topological polar surface area (TPSA) is 55.4 Å². The number of ether oxygens (including phenoxy) is 1. The molecule has 4 atom stereocenters. The third-order valence-corrected chi connectivity index (χ3v) is 4.88. The molecule has 2 amide bonds. The van der Waals surface area contributed by atoms with Crippen molar-refractivity contribution in [3.05, 3.63) is 0 Å². The minimum Gasteiger partial charge on any atom is -0.446 e. The molecular weight excluding hydrogens is 299 g/mol. The maximum atomic E-state index is 12.1. The fraction of sp³-hybridized carbons (Fsp3) is 0.867. The number of alkyl halides is 3. The third-order valence-electron chi connectivity index (χ3n) is 4.88. The summed E-state index contributed by atoms with van der Waals surface area (Å²) in [5, 5.41) is 1.26. The van der Waals surface area contributed by atoms with Crippen LogP contribution in [0.5, 0.6) is 0 Å². The van der Waals surface area contributed by atoms with Gasteiger partial charge >= 0.3 is 18.2 Å². The molecule has 0 aromatic carbocycles. The number of amides is 2. The van der Waals surface area contributed by atoms with Crippen LogP contribution in [-0.4, -0.2) is 24.3 Å². The summed E-state index contributed by atoms with van der Waals surface area (Å²) >= 11 is 0. The number of carbonyl (C=O) groups is 2. The van der Waals surface area contributed by atoms with Crippen LogP contribution in [-0.2, 0) is 9.53 Å². The third kappa shape index (κ3) is 4.36. The van der Waals surface area contributed by atoms with Gasteiger partial charge in [0.1, 0.15) is 6.10 Å². The van der Waals surface area contributed by atoms with Gasteiger partial charge in [-0.25, -0.2) is 4.79 Å². The second kappa shape index (κ2) is 6.46. The molecule has 2 aliphatic rings. The van der Waals surface area contributed by atoms with E-state index in [2.05, 4.69) is 6.92 Å². The van der Waals surface area contributed by atoms with E-state index >= 15 is 0 Å². The van der Waals surface area contributed by atoms with Crippen molar-refractivity contribution in [1.82, 2.24) is 5.32 Å². The van der Waals surface area contributed by atoms with E-state index in [1.165, 1.54) is 18.2 Å². The fourth-order valence-electron chi connectivity index (χ4n) is 3.39. The molecule has 0 heterocycles. The fourth-order valence-corrected chi connectivity index (χ4v) is 3.39. The van der Waals surface area contributed by atoms with Crippen molar-refractivity contribution in [2.24, 2.45) is 23.7 Å². The second-order valence-electron chi connectivity index (χ2n) is 6.67. The van der Waals surface area contributed by atoms with Crippen LogP contribution in [0, 0.1) is 23.7 Å². The maximum Gasteiger partial charge on any atom is 0.471 e. The minimum absolute atomic E-state index is 0.162. The monoisotopic (exact) mass is 321 g/mol. The first-order chi connectivity index (χ1) is 10.2. The van der Waals surface area contributed by atoms with E-state index in [4.69, 9.17) is 4.74 Å². The highest BCUT2D eigenvalue weighted by molar-refractivity contribution is 5.94. The first-order valence-corrected chi connectivity index (χ1v) is 7.77. The van der Waals surface area contributed by atoms with Gasteiger partial charge in [-0.1, -0.05) is 20.3 Å². The van der Waals surface area contributed by atoms with Crippen LogP contribution in [0.3, 0.4) is 0 Å². The van der Waals surface area contributed by atoms with Crippen LogP contribution in [0.15, 0.2) is 0 Å². The molecule has 0 spiro atoms. The summed E-state index contributed by atoms with van der Waals surface area (Å²) in [7, 11) is 0. The molecule has 0 bridgehead atoms. The van der Waals surface area contributed by atoms with Gasteiger partial charge in [0.15, 0.2) is 0 Å². The molecule has 22 heavy (non-hydrogen) atoms. The molecule has 2 rings (SSSR count). The van der Waals surface area contributed by atoms with Crippen molar-refractivity contribution in [2.75, 3.05) is 0 Å². The molecule has 2 saturated carbocycles. The average Bonchev–Trinajstić information content (AvgIpc) is 3.21. The number of carbonyl (C=O) groups excluding carboxylic acids is 2. The number of hydrogen-bond acceptors (Lipinski definition) is 3. The molecule has 126 valence electrons. The smallest absolute Gasteiger partial charge is 0.446 e. The van der Waals surface area contributed by atoms with Crippen molar-refractivity contribution >= 4 is 12.0 Å². The number of hydrogen-bond donors (Lipinski definition) is 1. The van der Waals surface area contributed by atoms with Gasteiger partial charge in [0.2, 0.25) is 0 Å². The summed E-state index contributed by atoms with van der Waals surface area (Å²) in [4.78, 5) is 22.4. The zero-order chi connectivity index (χ0) is 16.5.